The molecular weight excluding hydrogens is 360 g/mol. The number of benzene rings is 2. The van der Waals surface area contributed by atoms with E-state index in [1.165, 1.54) is 17.3 Å². The van der Waals surface area contributed by atoms with Gasteiger partial charge < -0.3 is 11.1 Å². The largest absolute Gasteiger partial charge is 0.382 e. The summed E-state index contributed by atoms with van der Waals surface area (Å²) in [6.45, 7) is 3.96. The molecule has 1 heterocycles. The van der Waals surface area contributed by atoms with Gasteiger partial charge in [0.15, 0.2) is 11.0 Å². The van der Waals surface area contributed by atoms with Crippen molar-refractivity contribution in [3.63, 3.8) is 0 Å². The number of H-pyrrole nitrogens is 1. The van der Waals surface area contributed by atoms with Crippen molar-refractivity contribution in [1.82, 2.24) is 9.97 Å². The van der Waals surface area contributed by atoms with E-state index in [-0.39, 0.29) is 11.5 Å². The average Bonchev–Trinajstić information content (AvgIpc) is 2.64. The zero-order valence-corrected chi connectivity index (χ0v) is 15.9. The molecule has 3 rings (SSSR count). The minimum absolute atomic E-state index is 0.00869. The Morgan fingerprint density at radius 1 is 1.07 bits per heavy atom. The normalized spacial score (nSPS) is 10.6. The Bertz CT molecular complexity index is 1010. The van der Waals surface area contributed by atoms with Crippen LogP contribution in [0.5, 0.6) is 0 Å². The molecule has 0 spiro atoms. The first-order valence-corrected chi connectivity index (χ1v) is 9.37. The van der Waals surface area contributed by atoms with Gasteiger partial charge in [-0.25, -0.2) is 4.98 Å². The van der Waals surface area contributed by atoms with Crippen LogP contribution >= 0.6 is 11.8 Å². The number of anilines is 2. The SMILES string of the molecule is Cc1ccc(CSc2nc(N)c(NC(=O)c3ccc(C)cc3)c(=O)[nH]2)cc1. The summed E-state index contributed by atoms with van der Waals surface area (Å²) in [7, 11) is 0. The molecule has 6 nitrogen and oxygen atoms in total. The number of nitrogens with zero attached hydrogens (tertiary/aromatic N) is 1. The van der Waals surface area contributed by atoms with Crippen molar-refractivity contribution in [3.05, 3.63) is 81.1 Å². The zero-order valence-electron chi connectivity index (χ0n) is 15.1. The number of nitrogen functional groups attached to an aromatic ring is 1. The van der Waals surface area contributed by atoms with Crippen molar-refractivity contribution < 1.29 is 4.79 Å². The molecule has 1 amide bonds. The van der Waals surface area contributed by atoms with Crippen LogP contribution in [0.15, 0.2) is 58.5 Å². The molecule has 3 aromatic rings. The summed E-state index contributed by atoms with van der Waals surface area (Å²) in [6.07, 6.45) is 0. The number of hydrogen-bond donors (Lipinski definition) is 3. The average molecular weight is 380 g/mol. The maximum atomic E-state index is 12.3. The number of nitrogens with two attached hydrogens (primary N) is 1. The lowest BCUT2D eigenvalue weighted by atomic mass is 10.1. The minimum Gasteiger partial charge on any atom is -0.382 e. The van der Waals surface area contributed by atoms with E-state index in [0.717, 1.165) is 11.1 Å². The van der Waals surface area contributed by atoms with Crippen molar-refractivity contribution in [2.45, 2.75) is 24.8 Å². The van der Waals surface area contributed by atoms with Gasteiger partial charge >= 0.3 is 0 Å². The van der Waals surface area contributed by atoms with Crippen LogP contribution in [0.2, 0.25) is 0 Å². The Labute approximate surface area is 161 Å². The molecule has 7 heteroatoms. The maximum Gasteiger partial charge on any atom is 0.277 e. The highest BCUT2D eigenvalue weighted by molar-refractivity contribution is 7.98. The maximum absolute atomic E-state index is 12.3. The number of hydrogen-bond acceptors (Lipinski definition) is 5. The number of aromatic amines is 1. The number of aryl methyl sites for hydroxylation is 2. The van der Waals surface area contributed by atoms with Crippen molar-refractivity contribution in [2.75, 3.05) is 11.1 Å². The van der Waals surface area contributed by atoms with Crippen molar-refractivity contribution >= 4 is 29.2 Å². The predicted molar refractivity (Wildman–Crippen MR) is 109 cm³/mol. The first kappa shape index (κ1) is 18.7. The predicted octanol–water partition coefficient (Wildman–Crippen LogP) is 3.51. The molecule has 0 fully saturated rings. The van der Waals surface area contributed by atoms with Gasteiger partial charge in [0.05, 0.1) is 0 Å². The zero-order chi connectivity index (χ0) is 19.4. The van der Waals surface area contributed by atoms with Crippen LogP contribution < -0.4 is 16.6 Å². The standard InChI is InChI=1S/C20H20N4O2S/c1-12-3-7-14(8-4-12)11-27-20-23-17(21)16(19(26)24-20)22-18(25)15-9-5-13(2)6-10-15/h3-10H,11H2,1-2H3,(H,22,25)(H3,21,23,24,26). The summed E-state index contributed by atoms with van der Waals surface area (Å²) < 4.78 is 0. The third-order valence-electron chi connectivity index (χ3n) is 3.97. The smallest absolute Gasteiger partial charge is 0.277 e. The fourth-order valence-electron chi connectivity index (χ4n) is 2.38. The Morgan fingerprint density at radius 2 is 1.67 bits per heavy atom. The Hall–Kier alpha value is -3.06. The van der Waals surface area contributed by atoms with E-state index in [0.29, 0.717) is 16.5 Å². The van der Waals surface area contributed by atoms with Gasteiger partial charge in [-0.05, 0) is 31.5 Å². The second-order valence-corrected chi connectivity index (χ2v) is 7.19. The van der Waals surface area contributed by atoms with E-state index >= 15 is 0 Å². The van der Waals surface area contributed by atoms with E-state index in [1.54, 1.807) is 12.1 Å². The molecule has 138 valence electrons. The molecule has 0 aliphatic heterocycles. The third-order valence-corrected chi connectivity index (χ3v) is 4.92. The van der Waals surface area contributed by atoms with Gasteiger partial charge in [0.1, 0.15) is 5.69 Å². The highest BCUT2D eigenvalue weighted by atomic mass is 32.2. The second kappa shape index (κ2) is 8.09. The molecule has 0 atom stereocenters. The van der Waals surface area contributed by atoms with Gasteiger partial charge in [0.25, 0.3) is 11.5 Å². The van der Waals surface area contributed by atoms with Gasteiger partial charge in [0.2, 0.25) is 0 Å². The van der Waals surface area contributed by atoms with E-state index in [2.05, 4.69) is 15.3 Å². The van der Waals surface area contributed by atoms with Crippen LogP contribution in [-0.2, 0) is 5.75 Å². The molecule has 4 N–H and O–H groups in total. The lowest BCUT2D eigenvalue weighted by Crippen LogP contribution is -2.23. The fraction of sp³-hybridized carbons (Fsp3) is 0.150. The van der Waals surface area contributed by atoms with Gasteiger partial charge in [0, 0.05) is 11.3 Å². The van der Waals surface area contributed by atoms with E-state index in [9.17, 15) is 9.59 Å². The van der Waals surface area contributed by atoms with E-state index in [4.69, 9.17) is 5.73 Å². The van der Waals surface area contributed by atoms with Gasteiger partial charge in [-0.3, -0.25) is 14.6 Å². The van der Waals surface area contributed by atoms with Crippen LogP contribution in [0, 0.1) is 13.8 Å². The molecular formula is C20H20N4O2S. The number of thioether (sulfide) groups is 1. The first-order chi connectivity index (χ1) is 12.9. The Morgan fingerprint density at radius 3 is 2.26 bits per heavy atom. The molecule has 27 heavy (non-hydrogen) atoms. The van der Waals surface area contributed by atoms with Crippen LogP contribution in [-0.4, -0.2) is 15.9 Å². The number of carbonyl (C=O) groups is 1. The first-order valence-electron chi connectivity index (χ1n) is 8.38. The van der Waals surface area contributed by atoms with Crippen LogP contribution in [0.1, 0.15) is 27.0 Å². The Balaban J connectivity index is 1.72. The molecule has 0 aliphatic carbocycles. The number of amides is 1. The van der Waals surface area contributed by atoms with E-state index in [1.807, 2.05) is 50.2 Å². The topological polar surface area (TPSA) is 101 Å². The monoisotopic (exact) mass is 380 g/mol. The molecule has 0 aliphatic rings. The lowest BCUT2D eigenvalue weighted by molar-refractivity contribution is 0.102. The number of rotatable bonds is 5. The molecule has 2 aromatic carbocycles. The van der Waals surface area contributed by atoms with Crippen LogP contribution in [0.4, 0.5) is 11.5 Å². The quantitative estimate of drug-likeness (QED) is 0.464. The summed E-state index contributed by atoms with van der Waals surface area (Å²) in [4.78, 5) is 31.5. The minimum atomic E-state index is -0.477. The van der Waals surface area contributed by atoms with Crippen LogP contribution in [0.25, 0.3) is 0 Å². The molecule has 0 bridgehead atoms. The van der Waals surface area contributed by atoms with Crippen molar-refractivity contribution in [2.24, 2.45) is 0 Å². The van der Waals surface area contributed by atoms with Gasteiger partial charge in [-0.2, -0.15) is 0 Å². The van der Waals surface area contributed by atoms with Crippen molar-refractivity contribution in [1.29, 1.82) is 0 Å². The number of aromatic nitrogens is 2. The summed E-state index contributed by atoms with van der Waals surface area (Å²) in [5.41, 5.74) is 9.17. The second-order valence-electron chi connectivity index (χ2n) is 6.23. The summed E-state index contributed by atoms with van der Waals surface area (Å²) in [6, 6.07) is 15.1. The van der Waals surface area contributed by atoms with Gasteiger partial charge in [-0.15, -0.1) is 0 Å². The molecule has 0 saturated heterocycles. The van der Waals surface area contributed by atoms with Gasteiger partial charge in [-0.1, -0.05) is 59.3 Å². The summed E-state index contributed by atoms with van der Waals surface area (Å²) in [5, 5.41) is 2.95. The van der Waals surface area contributed by atoms with Crippen LogP contribution in [0.3, 0.4) is 0 Å². The molecule has 0 radical (unpaired) electrons. The number of carbonyl (C=O) groups excluding carboxylic acids is 1. The van der Waals surface area contributed by atoms with E-state index < -0.39 is 11.5 Å². The molecule has 1 aromatic heterocycles. The van der Waals surface area contributed by atoms with Crippen molar-refractivity contribution in [3.8, 4) is 0 Å². The molecule has 0 unspecified atom stereocenters. The Kier molecular flexibility index (Phi) is 5.61. The summed E-state index contributed by atoms with van der Waals surface area (Å²) >= 11 is 1.37. The fourth-order valence-corrected chi connectivity index (χ4v) is 3.21. The lowest BCUT2D eigenvalue weighted by Gasteiger charge is -2.09. The molecule has 0 saturated carbocycles. The number of nitrogens with one attached hydrogen (secondary N) is 2. The third kappa shape index (κ3) is 4.77. The highest BCUT2D eigenvalue weighted by Crippen LogP contribution is 2.21. The summed E-state index contributed by atoms with van der Waals surface area (Å²) in [5.74, 6) is 0.234. The highest BCUT2D eigenvalue weighted by Gasteiger charge is 2.14.